The number of benzene rings is 3. The first-order chi connectivity index (χ1) is 12.3. The monoisotopic (exact) mass is 319 g/mol. The first kappa shape index (κ1) is 15.4. The SMILES string of the molecule is Bc1cccc(-c2cc(-c3ccccc3)cc(-c3ccccc3)n2)c1. The van der Waals surface area contributed by atoms with E-state index in [4.69, 9.17) is 4.98 Å². The van der Waals surface area contributed by atoms with Crippen LogP contribution < -0.4 is 5.46 Å². The van der Waals surface area contributed by atoms with Gasteiger partial charge in [0.1, 0.15) is 7.85 Å². The Bertz CT molecular complexity index is 937. The lowest BCUT2D eigenvalue weighted by Crippen LogP contribution is -2.01. The van der Waals surface area contributed by atoms with Crippen molar-refractivity contribution in [3.05, 3.63) is 97.1 Å². The maximum Gasteiger partial charge on any atom is 0.139 e. The summed E-state index contributed by atoms with van der Waals surface area (Å²) in [4.78, 5) is 4.94. The minimum absolute atomic E-state index is 0.999. The Morgan fingerprint density at radius 2 is 1.04 bits per heavy atom. The van der Waals surface area contributed by atoms with Gasteiger partial charge in [-0.1, -0.05) is 90.4 Å². The Labute approximate surface area is 149 Å². The number of hydrogen-bond donors (Lipinski definition) is 0. The van der Waals surface area contributed by atoms with Crippen molar-refractivity contribution < 1.29 is 0 Å². The van der Waals surface area contributed by atoms with Gasteiger partial charge in [0.2, 0.25) is 0 Å². The van der Waals surface area contributed by atoms with Gasteiger partial charge in [0, 0.05) is 5.56 Å². The molecule has 0 radical (unpaired) electrons. The minimum atomic E-state index is 0.999. The van der Waals surface area contributed by atoms with Crippen molar-refractivity contribution >= 4 is 13.3 Å². The summed E-state index contributed by atoms with van der Waals surface area (Å²) in [5, 5.41) is 0. The highest BCUT2D eigenvalue weighted by molar-refractivity contribution is 6.32. The zero-order chi connectivity index (χ0) is 17.1. The number of aromatic nitrogens is 1. The zero-order valence-electron chi connectivity index (χ0n) is 14.2. The van der Waals surface area contributed by atoms with Crippen LogP contribution in [-0.2, 0) is 0 Å². The lowest BCUT2D eigenvalue weighted by atomic mass is 9.93. The van der Waals surface area contributed by atoms with Crippen molar-refractivity contribution in [3.8, 4) is 33.6 Å². The smallest absolute Gasteiger partial charge is 0.139 e. The topological polar surface area (TPSA) is 12.9 Å². The number of rotatable bonds is 3. The van der Waals surface area contributed by atoms with Gasteiger partial charge in [-0.2, -0.15) is 0 Å². The molecule has 0 bridgehead atoms. The van der Waals surface area contributed by atoms with Crippen molar-refractivity contribution in [3.63, 3.8) is 0 Å². The molecule has 1 nitrogen and oxygen atoms in total. The molecule has 0 spiro atoms. The van der Waals surface area contributed by atoms with Gasteiger partial charge < -0.3 is 0 Å². The highest BCUT2D eigenvalue weighted by Gasteiger charge is 2.08. The molecule has 0 fully saturated rings. The van der Waals surface area contributed by atoms with E-state index in [-0.39, 0.29) is 0 Å². The molecule has 4 aromatic rings. The summed E-state index contributed by atoms with van der Waals surface area (Å²) >= 11 is 0. The largest absolute Gasteiger partial charge is 0.248 e. The van der Waals surface area contributed by atoms with E-state index in [1.54, 1.807) is 0 Å². The molecule has 0 aliphatic heterocycles. The lowest BCUT2D eigenvalue weighted by Gasteiger charge is -2.10. The molecular weight excluding hydrogens is 301 g/mol. The first-order valence-corrected chi connectivity index (χ1v) is 8.49. The zero-order valence-corrected chi connectivity index (χ0v) is 14.2. The predicted molar refractivity (Wildman–Crippen MR) is 109 cm³/mol. The summed E-state index contributed by atoms with van der Waals surface area (Å²) in [7, 11) is 2.11. The molecule has 0 atom stereocenters. The van der Waals surface area contributed by atoms with E-state index < -0.39 is 0 Å². The molecule has 0 unspecified atom stereocenters. The molecule has 1 heterocycles. The van der Waals surface area contributed by atoms with Crippen molar-refractivity contribution in [1.82, 2.24) is 4.98 Å². The van der Waals surface area contributed by atoms with E-state index in [9.17, 15) is 0 Å². The van der Waals surface area contributed by atoms with E-state index in [1.807, 2.05) is 12.1 Å². The second kappa shape index (κ2) is 6.78. The van der Waals surface area contributed by atoms with E-state index >= 15 is 0 Å². The number of pyridine rings is 1. The molecule has 25 heavy (non-hydrogen) atoms. The molecule has 2 heteroatoms. The van der Waals surface area contributed by atoms with Gasteiger partial charge in [0.25, 0.3) is 0 Å². The molecule has 0 aliphatic carbocycles. The summed E-state index contributed by atoms with van der Waals surface area (Å²) in [6, 6.07) is 33.7. The maximum absolute atomic E-state index is 4.94. The van der Waals surface area contributed by atoms with Crippen LogP contribution in [0.4, 0.5) is 0 Å². The van der Waals surface area contributed by atoms with Crippen molar-refractivity contribution in [2.45, 2.75) is 0 Å². The molecule has 3 aromatic carbocycles. The van der Waals surface area contributed by atoms with E-state index in [2.05, 4.69) is 92.8 Å². The summed E-state index contributed by atoms with van der Waals surface area (Å²) < 4.78 is 0. The van der Waals surface area contributed by atoms with Crippen LogP contribution in [0.25, 0.3) is 33.6 Å². The molecule has 0 amide bonds. The molecule has 0 saturated carbocycles. The van der Waals surface area contributed by atoms with Crippen LogP contribution in [0.15, 0.2) is 97.1 Å². The van der Waals surface area contributed by atoms with Crippen LogP contribution in [0.1, 0.15) is 0 Å². The van der Waals surface area contributed by atoms with Crippen LogP contribution in [0.3, 0.4) is 0 Å². The summed E-state index contributed by atoms with van der Waals surface area (Å²) in [6.07, 6.45) is 0. The number of hydrogen-bond acceptors (Lipinski definition) is 1. The van der Waals surface area contributed by atoms with Crippen molar-refractivity contribution in [2.24, 2.45) is 0 Å². The quantitative estimate of drug-likeness (QED) is 0.512. The minimum Gasteiger partial charge on any atom is -0.248 e. The van der Waals surface area contributed by atoms with Gasteiger partial charge in [0.15, 0.2) is 0 Å². The molecule has 1 aromatic heterocycles. The fourth-order valence-corrected chi connectivity index (χ4v) is 3.04. The Morgan fingerprint density at radius 1 is 0.480 bits per heavy atom. The van der Waals surface area contributed by atoms with Crippen molar-refractivity contribution in [2.75, 3.05) is 0 Å². The molecular formula is C23H18BN. The predicted octanol–water partition coefficient (Wildman–Crippen LogP) is 4.34. The molecule has 0 aliphatic rings. The Balaban J connectivity index is 1.92. The highest BCUT2D eigenvalue weighted by Crippen LogP contribution is 2.29. The molecule has 0 saturated heterocycles. The van der Waals surface area contributed by atoms with E-state index in [0.29, 0.717) is 0 Å². The average molecular weight is 319 g/mol. The third-order valence-corrected chi connectivity index (χ3v) is 4.32. The van der Waals surface area contributed by atoms with Crippen LogP contribution in [0, 0.1) is 0 Å². The lowest BCUT2D eigenvalue weighted by molar-refractivity contribution is 1.32. The third kappa shape index (κ3) is 3.38. The third-order valence-electron chi connectivity index (χ3n) is 4.32. The Hall–Kier alpha value is -3.13. The van der Waals surface area contributed by atoms with Gasteiger partial charge in [0.05, 0.1) is 11.4 Å². The van der Waals surface area contributed by atoms with Crippen LogP contribution in [0.2, 0.25) is 0 Å². The van der Waals surface area contributed by atoms with Gasteiger partial charge in [-0.05, 0) is 28.8 Å². The molecule has 118 valence electrons. The standard InChI is InChI=1S/C23H18BN/c24-21-13-7-12-19(14-21)23-16-20(17-8-3-1-4-9-17)15-22(25-23)18-10-5-2-6-11-18/h1-16H,24H2. The normalized spacial score (nSPS) is 10.6. The van der Waals surface area contributed by atoms with Crippen LogP contribution in [-0.4, -0.2) is 12.8 Å². The van der Waals surface area contributed by atoms with Gasteiger partial charge in [-0.3, -0.25) is 0 Å². The average Bonchev–Trinajstić information content (AvgIpc) is 2.69. The summed E-state index contributed by atoms with van der Waals surface area (Å²) in [5.41, 5.74) is 7.92. The van der Waals surface area contributed by atoms with Crippen molar-refractivity contribution in [1.29, 1.82) is 0 Å². The molecule has 0 N–H and O–H groups in total. The van der Waals surface area contributed by atoms with Crippen LogP contribution >= 0.6 is 0 Å². The maximum atomic E-state index is 4.94. The highest BCUT2D eigenvalue weighted by atomic mass is 14.7. The fourth-order valence-electron chi connectivity index (χ4n) is 3.04. The van der Waals surface area contributed by atoms with Crippen LogP contribution in [0.5, 0.6) is 0 Å². The van der Waals surface area contributed by atoms with Gasteiger partial charge in [-0.15, -0.1) is 0 Å². The summed E-state index contributed by atoms with van der Waals surface area (Å²) in [6.45, 7) is 0. The van der Waals surface area contributed by atoms with Gasteiger partial charge in [-0.25, -0.2) is 4.98 Å². The second-order valence-electron chi connectivity index (χ2n) is 6.23. The number of nitrogens with zero attached hydrogens (tertiary/aromatic N) is 1. The van der Waals surface area contributed by atoms with E-state index in [0.717, 1.165) is 22.5 Å². The first-order valence-electron chi connectivity index (χ1n) is 8.49. The fraction of sp³-hybridized carbons (Fsp3) is 0. The molecule has 4 rings (SSSR count). The Morgan fingerprint density at radius 3 is 1.68 bits per heavy atom. The Kier molecular flexibility index (Phi) is 4.18. The second-order valence-corrected chi connectivity index (χ2v) is 6.23. The van der Waals surface area contributed by atoms with Gasteiger partial charge >= 0.3 is 0 Å². The summed E-state index contributed by atoms with van der Waals surface area (Å²) in [5.74, 6) is 0. The van der Waals surface area contributed by atoms with E-state index in [1.165, 1.54) is 16.6 Å².